The number of urea groups is 1. The summed E-state index contributed by atoms with van der Waals surface area (Å²) in [6.45, 7) is 1.52. The van der Waals surface area contributed by atoms with Crippen LogP contribution < -0.4 is 10.2 Å². The first-order chi connectivity index (χ1) is 10.6. The van der Waals surface area contributed by atoms with E-state index in [2.05, 4.69) is 5.32 Å². The van der Waals surface area contributed by atoms with Crippen LogP contribution in [0.2, 0.25) is 0 Å². The Labute approximate surface area is 129 Å². The van der Waals surface area contributed by atoms with Crippen molar-refractivity contribution in [2.75, 3.05) is 24.5 Å². The molecule has 0 saturated carbocycles. The Kier molecular flexibility index (Phi) is 4.29. The molecule has 3 rings (SSSR count). The van der Waals surface area contributed by atoms with Gasteiger partial charge in [-0.25, -0.2) is 4.79 Å². The average molecular weight is 303 g/mol. The molecule has 22 heavy (non-hydrogen) atoms. The van der Waals surface area contributed by atoms with Gasteiger partial charge in [0.15, 0.2) is 0 Å². The normalized spacial score (nSPS) is 25.4. The zero-order valence-electron chi connectivity index (χ0n) is 12.4. The predicted octanol–water partition coefficient (Wildman–Crippen LogP) is 0.958. The summed E-state index contributed by atoms with van der Waals surface area (Å²) in [7, 11) is 0. The lowest BCUT2D eigenvalue weighted by molar-refractivity contribution is -0.117. The molecule has 0 aliphatic carbocycles. The number of nitrogens with zero attached hydrogens (tertiary/aromatic N) is 2. The molecule has 3 amide bonds. The van der Waals surface area contributed by atoms with E-state index < -0.39 is 6.10 Å². The Morgan fingerprint density at radius 1 is 1.23 bits per heavy atom. The molecule has 2 unspecified atom stereocenters. The van der Waals surface area contributed by atoms with Crippen LogP contribution in [-0.2, 0) is 4.79 Å². The van der Waals surface area contributed by atoms with Gasteiger partial charge in [0, 0.05) is 31.7 Å². The van der Waals surface area contributed by atoms with Crippen molar-refractivity contribution >= 4 is 17.6 Å². The summed E-state index contributed by atoms with van der Waals surface area (Å²) in [6, 6.07) is 9.11. The second kappa shape index (κ2) is 6.36. The van der Waals surface area contributed by atoms with Crippen molar-refractivity contribution < 1.29 is 14.7 Å². The van der Waals surface area contributed by atoms with Gasteiger partial charge in [0.25, 0.3) is 0 Å². The van der Waals surface area contributed by atoms with Gasteiger partial charge in [-0.2, -0.15) is 0 Å². The summed E-state index contributed by atoms with van der Waals surface area (Å²) in [5.74, 6) is 0.0233. The van der Waals surface area contributed by atoms with Crippen molar-refractivity contribution in [3.05, 3.63) is 30.3 Å². The third-order valence-electron chi connectivity index (χ3n) is 4.20. The van der Waals surface area contributed by atoms with Crippen LogP contribution in [-0.4, -0.2) is 53.7 Å². The molecule has 2 N–H and O–H groups in total. The van der Waals surface area contributed by atoms with Crippen LogP contribution >= 0.6 is 0 Å². The fourth-order valence-corrected chi connectivity index (χ4v) is 3.07. The molecule has 0 spiro atoms. The number of carbonyl (C=O) groups is 2. The molecule has 2 atom stereocenters. The summed E-state index contributed by atoms with van der Waals surface area (Å²) in [5.41, 5.74) is 0.859. The number of aliphatic hydroxyl groups is 1. The number of rotatable bonds is 2. The van der Waals surface area contributed by atoms with Gasteiger partial charge in [-0.3, -0.25) is 4.79 Å². The minimum absolute atomic E-state index is 0.0233. The molecule has 2 fully saturated rings. The smallest absolute Gasteiger partial charge is 0.317 e. The lowest BCUT2D eigenvalue weighted by atomic mass is 10.1. The number of nitrogens with one attached hydrogen (secondary N) is 1. The maximum Gasteiger partial charge on any atom is 0.317 e. The zero-order valence-corrected chi connectivity index (χ0v) is 12.4. The number of β-amino-alcohol motifs (C(OH)–C–C–N with tert-alkyl or cyclic N) is 1. The van der Waals surface area contributed by atoms with Crippen molar-refractivity contribution in [2.45, 2.75) is 31.4 Å². The Balaban J connectivity index is 1.58. The van der Waals surface area contributed by atoms with E-state index in [1.165, 1.54) is 0 Å². The highest BCUT2D eigenvalue weighted by atomic mass is 16.3. The summed E-state index contributed by atoms with van der Waals surface area (Å²) in [5, 5.41) is 12.6. The van der Waals surface area contributed by atoms with E-state index in [0.29, 0.717) is 26.1 Å². The topological polar surface area (TPSA) is 72.9 Å². The highest BCUT2D eigenvalue weighted by molar-refractivity contribution is 5.96. The molecule has 2 heterocycles. The molecule has 2 saturated heterocycles. The predicted molar refractivity (Wildman–Crippen MR) is 82.5 cm³/mol. The molecule has 2 aliphatic heterocycles. The van der Waals surface area contributed by atoms with Crippen LogP contribution in [0.4, 0.5) is 10.5 Å². The number of aliphatic hydroxyl groups excluding tert-OH is 1. The lowest BCUT2D eigenvalue weighted by Crippen LogP contribution is -2.50. The summed E-state index contributed by atoms with van der Waals surface area (Å²) >= 11 is 0. The second-order valence-corrected chi connectivity index (χ2v) is 5.93. The number of hydrogen-bond donors (Lipinski definition) is 2. The minimum atomic E-state index is -0.439. The first-order valence-corrected chi connectivity index (χ1v) is 7.72. The number of para-hydroxylation sites is 1. The minimum Gasteiger partial charge on any atom is -0.391 e. The van der Waals surface area contributed by atoms with E-state index in [1.54, 1.807) is 9.80 Å². The summed E-state index contributed by atoms with van der Waals surface area (Å²) < 4.78 is 0. The van der Waals surface area contributed by atoms with Crippen LogP contribution in [0.25, 0.3) is 0 Å². The summed E-state index contributed by atoms with van der Waals surface area (Å²) in [6.07, 6.45) is 1.43. The molecule has 1 aromatic carbocycles. The third-order valence-corrected chi connectivity index (χ3v) is 4.20. The van der Waals surface area contributed by atoms with Crippen LogP contribution in [0.3, 0.4) is 0 Å². The Morgan fingerprint density at radius 2 is 2.00 bits per heavy atom. The molecular formula is C16H21N3O3. The standard InChI is InChI=1S/C16H21N3O3/c20-14-7-4-8-18(11-14)16(22)17-12-9-15(21)19(10-12)13-5-2-1-3-6-13/h1-3,5-6,12,14,20H,4,7-11H2,(H,17,22). The quantitative estimate of drug-likeness (QED) is 0.854. The van der Waals surface area contributed by atoms with E-state index in [1.807, 2.05) is 30.3 Å². The molecule has 1 aromatic rings. The number of amides is 3. The third kappa shape index (κ3) is 3.22. The van der Waals surface area contributed by atoms with Gasteiger partial charge < -0.3 is 20.2 Å². The number of anilines is 1. The SMILES string of the molecule is O=C(NC1CC(=O)N(c2ccccc2)C1)N1CCCC(O)C1. The van der Waals surface area contributed by atoms with Crippen molar-refractivity contribution in [1.82, 2.24) is 10.2 Å². The van der Waals surface area contributed by atoms with E-state index in [-0.39, 0.29) is 18.0 Å². The van der Waals surface area contributed by atoms with Crippen molar-refractivity contribution in [1.29, 1.82) is 0 Å². The Morgan fingerprint density at radius 3 is 2.73 bits per heavy atom. The molecule has 0 bridgehead atoms. The first-order valence-electron chi connectivity index (χ1n) is 7.72. The van der Waals surface area contributed by atoms with E-state index in [9.17, 15) is 14.7 Å². The van der Waals surface area contributed by atoms with Crippen LogP contribution in [0.1, 0.15) is 19.3 Å². The molecule has 0 radical (unpaired) electrons. The Bertz CT molecular complexity index is 549. The Hall–Kier alpha value is -2.08. The zero-order chi connectivity index (χ0) is 15.5. The molecule has 6 nitrogen and oxygen atoms in total. The second-order valence-electron chi connectivity index (χ2n) is 5.93. The van der Waals surface area contributed by atoms with Crippen molar-refractivity contribution in [2.24, 2.45) is 0 Å². The van der Waals surface area contributed by atoms with Gasteiger partial charge in [-0.15, -0.1) is 0 Å². The van der Waals surface area contributed by atoms with E-state index in [4.69, 9.17) is 0 Å². The van der Waals surface area contributed by atoms with Crippen LogP contribution in [0, 0.1) is 0 Å². The first kappa shape index (κ1) is 14.8. The molecule has 118 valence electrons. The number of piperidine rings is 1. The number of hydrogen-bond acceptors (Lipinski definition) is 3. The fraction of sp³-hybridized carbons (Fsp3) is 0.500. The molecule has 6 heteroatoms. The average Bonchev–Trinajstić information content (AvgIpc) is 2.88. The van der Waals surface area contributed by atoms with Crippen LogP contribution in [0.15, 0.2) is 30.3 Å². The van der Waals surface area contributed by atoms with Gasteiger partial charge in [0.2, 0.25) is 5.91 Å². The highest BCUT2D eigenvalue weighted by Gasteiger charge is 2.33. The van der Waals surface area contributed by atoms with Gasteiger partial charge in [0.1, 0.15) is 0 Å². The van der Waals surface area contributed by atoms with Crippen molar-refractivity contribution in [3.8, 4) is 0 Å². The molecule has 0 aromatic heterocycles. The van der Waals surface area contributed by atoms with E-state index >= 15 is 0 Å². The largest absolute Gasteiger partial charge is 0.391 e. The fourth-order valence-electron chi connectivity index (χ4n) is 3.07. The van der Waals surface area contributed by atoms with Gasteiger partial charge in [-0.05, 0) is 25.0 Å². The van der Waals surface area contributed by atoms with Crippen molar-refractivity contribution in [3.63, 3.8) is 0 Å². The summed E-state index contributed by atoms with van der Waals surface area (Å²) in [4.78, 5) is 27.7. The maximum atomic E-state index is 12.2. The highest BCUT2D eigenvalue weighted by Crippen LogP contribution is 2.21. The maximum absolute atomic E-state index is 12.2. The van der Waals surface area contributed by atoms with E-state index in [0.717, 1.165) is 18.5 Å². The van der Waals surface area contributed by atoms with Gasteiger partial charge in [0.05, 0.1) is 12.1 Å². The van der Waals surface area contributed by atoms with Gasteiger partial charge in [-0.1, -0.05) is 18.2 Å². The van der Waals surface area contributed by atoms with Crippen LogP contribution in [0.5, 0.6) is 0 Å². The lowest BCUT2D eigenvalue weighted by Gasteiger charge is -2.31. The van der Waals surface area contributed by atoms with Gasteiger partial charge >= 0.3 is 6.03 Å². The number of benzene rings is 1. The number of likely N-dealkylation sites (tertiary alicyclic amines) is 1. The molecular weight excluding hydrogens is 282 g/mol. The molecule has 2 aliphatic rings. The monoisotopic (exact) mass is 303 g/mol. The number of carbonyl (C=O) groups excluding carboxylic acids is 2.